The summed E-state index contributed by atoms with van der Waals surface area (Å²) in [5, 5.41) is 5.44. The molecule has 0 saturated heterocycles. The van der Waals surface area contributed by atoms with Gasteiger partial charge in [-0.05, 0) is 59.1 Å². The van der Waals surface area contributed by atoms with E-state index in [0.717, 1.165) is 29.5 Å². The lowest BCUT2D eigenvalue weighted by atomic mass is 9.97. The fourth-order valence-electron chi connectivity index (χ4n) is 3.13. The van der Waals surface area contributed by atoms with Crippen molar-refractivity contribution in [3.05, 3.63) is 34.9 Å². The number of nitrogens with one attached hydrogen (secondary N) is 2. The molecule has 1 atom stereocenters. The van der Waals surface area contributed by atoms with Gasteiger partial charge < -0.3 is 20.3 Å². The van der Waals surface area contributed by atoms with Gasteiger partial charge in [0.05, 0.1) is 0 Å². The average molecular weight is 420 g/mol. The molecule has 0 radical (unpaired) electrons. The molecule has 0 aromatic heterocycles. The summed E-state index contributed by atoms with van der Waals surface area (Å²) in [7, 11) is 0. The normalized spacial score (nSPS) is 12.1. The summed E-state index contributed by atoms with van der Waals surface area (Å²) in [6.45, 7) is 13.7. The predicted molar refractivity (Wildman–Crippen MR) is 118 cm³/mol. The number of hydrogen-bond donors (Lipinski definition) is 2. The van der Waals surface area contributed by atoms with Crippen LogP contribution in [0.4, 0.5) is 4.79 Å². The number of aryl methyl sites for hydroxylation is 2. The number of alkyl carbamates (subject to hydrolysis) is 1. The van der Waals surface area contributed by atoms with E-state index < -0.39 is 17.7 Å². The molecule has 0 bridgehead atoms. The van der Waals surface area contributed by atoms with Crippen LogP contribution in [0.5, 0.6) is 0 Å². The van der Waals surface area contributed by atoms with Gasteiger partial charge in [0.2, 0.25) is 11.8 Å². The van der Waals surface area contributed by atoms with Crippen LogP contribution in [0.2, 0.25) is 0 Å². The summed E-state index contributed by atoms with van der Waals surface area (Å²) >= 11 is 0. The molecule has 1 aromatic rings. The Morgan fingerprint density at radius 3 is 2.30 bits per heavy atom. The number of amides is 3. The fourth-order valence-corrected chi connectivity index (χ4v) is 3.13. The van der Waals surface area contributed by atoms with Gasteiger partial charge in [-0.25, -0.2) is 4.79 Å². The van der Waals surface area contributed by atoms with Gasteiger partial charge in [-0.2, -0.15) is 0 Å². The minimum atomic E-state index is -0.764. The summed E-state index contributed by atoms with van der Waals surface area (Å²) < 4.78 is 5.19. The van der Waals surface area contributed by atoms with Gasteiger partial charge in [-0.15, -0.1) is 0 Å². The molecular formula is C23H37N3O4. The maximum absolute atomic E-state index is 13.1. The lowest BCUT2D eigenvalue weighted by Crippen LogP contribution is -2.48. The average Bonchev–Trinajstić information content (AvgIpc) is 2.63. The van der Waals surface area contributed by atoms with Gasteiger partial charge in [0.1, 0.15) is 18.2 Å². The molecule has 168 valence electrons. The molecule has 0 heterocycles. The van der Waals surface area contributed by atoms with Crippen molar-refractivity contribution in [2.75, 3.05) is 19.6 Å². The summed E-state index contributed by atoms with van der Waals surface area (Å²) in [6.07, 6.45) is 1.17. The van der Waals surface area contributed by atoms with E-state index >= 15 is 0 Å². The highest BCUT2D eigenvalue weighted by molar-refractivity contribution is 5.90. The van der Waals surface area contributed by atoms with E-state index in [1.165, 1.54) is 4.90 Å². The Bertz CT molecular complexity index is 740. The molecule has 30 heavy (non-hydrogen) atoms. The third-order valence-corrected chi connectivity index (χ3v) is 4.55. The first-order valence-corrected chi connectivity index (χ1v) is 10.6. The lowest BCUT2D eigenvalue weighted by molar-refractivity contribution is -0.140. The highest BCUT2D eigenvalue weighted by Gasteiger charge is 2.31. The van der Waals surface area contributed by atoms with Crippen LogP contribution in [0.3, 0.4) is 0 Å². The summed E-state index contributed by atoms with van der Waals surface area (Å²) in [4.78, 5) is 39.4. The standard InChI is InChI=1S/C23H37N3O4/c1-8-10-13-24-21(28)20(18-12-11-16(3)14-17(18)4)26(9-2)19(27)15-25-22(29)30-23(5,6)7/h11-12,14,20H,8-10,13,15H2,1-7H3,(H,24,28)(H,25,29). The third kappa shape index (κ3) is 8.05. The molecule has 1 aromatic carbocycles. The topological polar surface area (TPSA) is 87.7 Å². The lowest BCUT2D eigenvalue weighted by Gasteiger charge is -2.31. The van der Waals surface area contributed by atoms with Crippen LogP contribution in [0, 0.1) is 13.8 Å². The van der Waals surface area contributed by atoms with E-state index in [0.29, 0.717) is 13.1 Å². The number of hydrogen-bond acceptors (Lipinski definition) is 4. The second-order valence-corrected chi connectivity index (χ2v) is 8.44. The second-order valence-electron chi connectivity index (χ2n) is 8.44. The largest absolute Gasteiger partial charge is 0.444 e. The molecular weight excluding hydrogens is 382 g/mol. The zero-order valence-corrected chi connectivity index (χ0v) is 19.4. The number of ether oxygens (including phenoxy) is 1. The van der Waals surface area contributed by atoms with Gasteiger partial charge in [0, 0.05) is 13.1 Å². The molecule has 0 fully saturated rings. The number of unbranched alkanes of at least 4 members (excludes halogenated alkanes) is 1. The molecule has 0 spiro atoms. The molecule has 7 heteroatoms. The monoisotopic (exact) mass is 419 g/mol. The number of benzene rings is 1. The minimum absolute atomic E-state index is 0.220. The zero-order chi connectivity index (χ0) is 22.9. The highest BCUT2D eigenvalue weighted by atomic mass is 16.6. The van der Waals surface area contributed by atoms with E-state index in [4.69, 9.17) is 4.74 Å². The van der Waals surface area contributed by atoms with Crippen LogP contribution in [0.25, 0.3) is 0 Å². The Morgan fingerprint density at radius 2 is 1.77 bits per heavy atom. The number of likely N-dealkylation sites (N-methyl/N-ethyl adjacent to an activating group) is 1. The number of rotatable bonds is 9. The van der Waals surface area contributed by atoms with E-state index in [2.05, 4.69) is 17.6 Å². The minimum Gasteiger partial charge on any atom is -0.444 e. The Labute approximate surface area is 180 Å². The summed E-state index contributed by atoms with van der Waals surface area (Å²) in [5.74, 6) is -0.568. The maximum Gasteiger partial charge on any atom is 0.408 e. The molecule has 1 unspecified atom stereocenters. The Hall–Kier alpha value is -2.57. The van der Waals surface area contributed by atoms with Crippen LogP contribution in [-0.4, -0.2) is 48.0 Å². The smallest absolute Gasteiger partial charge is 0.408 e. The fraction of sp³-hybridized carbons (Fsp3) is 0.609. The van der Waals surface area contributed by atoms with Crippen molar-refractivity contribution in [1.29, 1.82) is 0 Å². The molecule has 7 nitrogen and oxygen atoms in total. The predicted octanol–water partition coefficient (Wildman–Crippen LogP) is 3.63. The first kappa shape index (κ1) is 25.5. The van der Waals surface area contributed by atoms with Crippen molar-refractivity contribution in [3.8, 4) is 0 Å². The molecule has 1 rings (SSSR count). The summed E-state index contributed by atoms with van der Waals surface area (Å²) in [6, 6.07) is 5.07. The van der Waals surface area contributed by atoms with Crippen molar-refractivity contribution < 1.29 is 19.1 Å². The van der Waals surface area contributed by atoms with Gasteiger partial charge in [-0.3, -0.25) is 9.59 Å². The van der Waals surface area contributed by atoms with E-state index in [1.54, 1.807) is 20.8 Å². The van der Waals surface area contributed by atoms with Gasteiger partial charge in [0.15, 0.2) is 0 Å². The maximum atomic E-state index is 13.1. The van der Waals surface area contributed by atoms with E-state index in [9.17, 15) is 14.4 Å². The number of carbonyl (C=O) groups is 3. The van der Waals surface area contributed by atoms with Crippen LogP contribution in [-0.2, 0) is 14.3 Å². The quantitative estimate of drug-likeness (QED) is 0.598. The number of nitrogens with zero attached hydrogens (tertiary/aromatic N) is 1. The Kier molecular flexibility index (Phi) is 9.82. The van der Waals surface area contributed by atoms with Gasteiger partial charge in [0.25, 0.3) is 0 Å². The molecule has 0 aliphatic carbocycles. The first-order valence-electron chi connectivity index (χ1n) is 10.6. The van der Waals surface area contributed by atoms with E-state index in [1.807, 2.05) is 39.0 Å². The Morgan fingerprint density at radius 1 is 1.10 bits per heavy atom. The number of carbonyl (C=O) groups excluding carboxylic acids is 3. The van der Waals surface area contributed by atoms with Crippen molar-refractivity contribution in [1.82, 2.24) is 15.5 Å². The molecule has 3 amide bonds. The van der Waals surface area contributed by atoms with Crippen LogP contribution in [0.15, 0.2) is 18.2 Å². The highest BCUT2D eigenvalue weighted by Crippen LogP contribution is 2.25. The molecule has 0 saturated carbocycles. The van der Waals surface area contributed by atoms with Crippen LogP contribution >= 0.6 is 0 Å². The zero-order valence-electron chi connectivity index (χ0n) is 19.4. The van der Waals surface area contributed by atoms with Crippen molar-refractivity contribution in [2.24, 2.45) is 0 Å². The second kappa shape index (κ2) is 11.6. The molecule has 2 N–H and O–H groups in total. The molecule has 0 aliphatic rings. The van der Waals surface area contributed by atoms with Crippen molar-refractivity contribution in [3.63, 3.8) is 0 Å². The van der Waals surface area contributed by atoms with Crippen LogP contribution < -0.4 is 10.6 Å². The first-order chi connectivity index (χ1) is 14.0. The van der Waals surface area contributed by atoms with E-state index in [-0.39, 0.29) is 18.4 Å². The van der Waals surface area contributed by atoms with Gasteiger partial charge in [-0.1, -0.05) is 37.1 Å². The summed E-state index contributed by atoms with van der Waals surface area (Å²) in [5.41, 5.74) is 2.15. The molecule has 0 aliphatic heterocycles. The van der Waals surface area contributed by atoms with Crippen molar-refractivity contribution in [2.45, 2.75) is 73.0 Å². The van der Waals surface area contributed by atoms with Gasteiger partial charge >= 0.3 is 6.09 Å². The SMILES string of the molecule is CCCCNC(=O)C(c1ccc(C)cc1C)N(CC)C(=O)CNC(=O)OC(C)(C)C. The van der Waals surface area contributed by atoms with Crippen LogP contribution in [0.1, 0.15) is 70.2 Å². The Balaban J connectivity index is 3.07. The third-order valence-electron chi connectivity index (χ3n) is 4.55. The van der Waals surface area contributed by atoms with Crippen molar-refractivity contribution >= 4 is 17.9 Å².